The number of rotatable bonds is 6. The summed E-state index contributed by atoms with van der Waals surface area (Å²) in [6.07, 6.45) is 3.65. The number of nitrogens with one attached hydrogen (secondary N) is 1. The number of likely N-dealkylation sites (tertiary alicyclic amines) is 1. The van der Waals surface area contributed by atoms with Crippen LogP contribution in [0.3, 0.4) is 0 Å². The van der Waals surface area contributed by atoms with Crippen molar-refractivity contribution in [3.63, 3.8) is 0 Å². The highest BCUT2D eigenvalue weighted by atomic mass is 32.2. The Hall–Kier alpha value is -2.81. The molecule has 0 unspecified atom stereocenters. The van der Waals surface area contributed by atoms with Crippen molar-refractivity contribution in [2.75, 3.05) is 24.1 Å². The number of hydrogen-bond donors (Lipinski definition) is 2. The van der Waals surface area contributed by atoms with Gasteiger partial charge < -0.3 is 14.7 Å². The smallest absolute Gasteiger partial charge is 0.407 e. The van der Waals surface area contributed by atoms with E-state index in [0.29, 0.717) is 30.4 Å². The lowest BCUT2D eigenvalue weighted by Gasteiger charge is -2.30. The zero-order chi connectivity index (χ0) is 20.1. The number of sulfonamides is 1. The molecule has 0 saturated carbocycles. The highest BCUT2D eigenvalue weighted by Crippen LogP contribution is 2.27. The van der Waals surface area contributed by atoms with Gasteiger partial charge in [-0.1, -0.05) is 12.1 Å². The summed E-state index contributed by atoms with van der Waals surface area (Å²) < 4.78 is 30.7. The number of piperidine rings is 1. The Bertz CT molecular complexity index is 923. The van der Waals surface area contributed by atoms with Crippen LogP contribution in [0, 0.1) is 0 Å². The molecule has 1 aromatic heterocycles. The third kappa shape index (κ3) is 5.59. The monoisotopic (exact) mass is 405 g/mol. The van der Waals surface area contributed by atoms with E-state index in [9.17, 15) is 13.2 Å². The fraction of sp³-hybridized carbons (Fsp3) is 0.368. The molecule has 9 heteroatoms. The van der Waals surface area contributed by atoms with Crippen LogP contribution in [0.15, 0.2) is 42.6 Å². The molecule has 0 aliphatic carbocycles. The van der Waals surface area contributed by atoms with Crippen molar-refractivity contribution in [2.45, 2.75) is 25.4 Å². The third-order valence-corrected chi connectivity index (χ3v) is 5.21. The van der Waals surface area contributed by atoms with E-state index in [1.807, 2.05) is 18.3 Å². The van der Waals surface area contributed by atoms with Crippen molar-refractivity contribution >= 4 is 21.8 Å². The van der Waals surface area contributed by atoms with Crippen LogP contribution < -0.4 is 9.46 Å². The molecule has 1 aromatic carbocycles. The van der Waals surface area contributed by atoms with Gasteiger partial charge in [0.2, 0.25) is 10.0 Å². The first-order chi connectivity index (χ1) is 13.3. The summed E-state index contributed by atoms with van der Waals surface area (Å²) in [5.74, 6) is 0.859. The average Bonchev–Trinajstić information content (AvgIpc) is 2.66. The van der Waals surface area contributed by atoms with Gasteiger partial charge in [0.05, 0.1) is 17.6 Å². The Kier molecular flexibility index (Phi) is 6.03. The second kappa shape index (κ2) is 8.47. The quantitative estimate of drug-likeness (QED) is 0.765. The molecule has 150 valence electrons. The Balaban J connectivity index is 1.55. The number of nitrogens with zero attached hydrogens (tertiary/aromatic N) is 2. The van der Waals surface area contributed by atoms with E-state index in [4.69, 9.17) is 9.84 Å². The van der Waals surface area contributed by atoms with Crippen LogP contribution in [0.5, 0.6) is 5.75 Å². The van der Waals surface area contributed by atoms with Gasteiger partial charge in [-0.25, -0.2) is 13.2 Å². The fourth-order valence-electron chi connectivity index (χ4n) is 3.19. The van der Waals surface area contributed by atoms with Crippen molar-refractivity contribution in [1.29, 1.82) is 0 Å². The van der Waals surface area contributed by atoms with E-state index >= 15 is 0 Å². The lowest BCUT2D eigenvalue weighted by Crippen LogP contribution is -2.36. The summed E-state index contributed by atoms with van der Waals surface area (Å²) in [4.78, 5) is 16.9. The lowest BCUT2D eigenvalue weighted by molar-refractivity contribution is 0.132. The van der Waals surface area contributed by atoms with Crippen LogP contribution in [0.1, 0.15) is 30.0 Å². The second-order valence-electron chi connectivity index (χ2n) is 6.82. The maximum absolute atomic E-state index is 11.3. The lowest BCUT2D eigenvalue weighted by atomic mass is 9.90. The predicted molar refractivity (Wildman–Crippen MR) is 105 cm³/mol. The standard InChI is InChI=1S/C19H23N3O5S/c1-28(25,26)21-16-3-2-4-18(11-16)27-13-17-6-5-15(12-20-17)14-7-9-22(10-8-14)19(23)24/h2-6,11-12,14,21H,7-10,13H2,1H3,(H,23,24). The van der Waals surface area contributed by atoms with E-state index < -0.39 is 16.1 Å². The van der Waals surface area contributed by atoms with E-state index in [1.54, 1.807) is 24.3 Å². The van der Waals surface area contributed by atoms with Crippen LogP contribution in [0.25, 0.3) is 0 Å². The molecule has 0 spiro atoms. The SMILES string of the molecule is CS(=O)(=O)Nc1cccc(OCc2ccc(C3CCN(C(=O)O)CC3)cn2)c1. The maximum atomic E-state index is 11.3. The molecule has 1 saturated heterocycles. The van der Waals surface area contributed by atoms with Crippen LogP contribution in [0.2, 0.25) is 0 Å². The van der Waals surface area contributed by atoms with Gasteiger partial charge in [0.1, 0.15) is 12.4 Å². The first kappa shape index (κ1) is 19.9. The molecule has 1 aliphatic rings. The van der Waals surface area contributed by atoms with Crippen LogP contribution in [-0.2, 0) is 16.6 Å². The van der Waals surface area contributed by atoms with Gasteiger partial charge >= 0.3 is 6.09 Å². The summed E-state index contributed by atoms with van der Waals surface area (Å²) in [7, 11) is -3.34. The second-order valence-corrected chi connectivity index (χ2v) is 8.57. The van der Waals surface area contributed by atoms with Crippen molar-refractivity contribution in [3.8, 4) is 5.75 Å². The number of benzene rings is 1. The number of anilines is 1. The number of hydrogen-bond acceptors (Lipinski definition) is 5. The molecule has 1 fully saturated rings. The Morgan fingerprint density at radius 1 is 1.29 bits per heavy atom. The number of ether oxygens (including phenoxy) is 1. The molecular weight excluding hydrogens is 382 g/mol. The number of pyridine rings is 1. The van der Waals surface area contributed by atoms with E-state index in [1.165, 1.54) is 4.90 Å². The van der Waals surface area contributed by atoms with Crippen molar-refractivity contribution < 1.29 is 23.1 Å². The molecule has 8 nitrogen and oxygen atoms in total. The van der Waals surface area contributed by atoms with Gasteiger partial charge in [-0.3, -0.25) is 9.71 Å². The zero-order valence-electron chi connectivity index (χ0n) is 15.5. The zero-order valence-corrected chi connectivity index (χ0v) is 16.4. The van der Waals surface area contributed by atoms with Crippen LogP contribution in [-0.4, -0.2) is 48.8 Å². The molecule has 0 atom stereocenters. The summed E-state index contributed by atoms with van der Waals surface area (Å²) in [6.45, 7) is 1.35. The molecule has 2 aromatic rings. The van der Waals surface area contributed by atoms with Gasteiger partial charge in [-0.2, -0.15) is 0 Å². The average molecular weight is 405 g/mol. The number of aromatic nitrogens is 1. The highest BCUT2D eigenvalue weighted by Gasteiger charge is 2.23. The molecule has 2 heterocycles. The predicted octanol–water partition coefficient (Wildman–Crippen LogP) is 2.89. The van der Waals surface area contributed by atoms with E-state index in [0.717, 1.165) is 30.4 Å². The Morgan fingerprint density at radius 3 is 2.64 bits per heavy atom. The maximum Gasteiger partial charge on any atom is 0.407 e. The van der Waals surface area contributed by atoms with E-state index in [2.05, 4.69) is 9.71 Å². The van der Waals surface area contributed by atoms with Gasteiger partial charge in [0.25, 0.3) is 0 Å². The summed E-state index contributed by atoms with van der Waals surface area (Å²) in [6, 6.07) is 10.6. The molecule has 1 amide bonds. The van der Waals surface area contributed by atoms with Crippen molar-refractivity contribution in [2.24, 2.45) is 0 Å². The van der Waals surface area contributed by atoms with E-state index in [-0.39, 0.29) is 6.61 Å². The molecule has 3 rings (SSSR count). The number of carbonyl (C=O) groups is 1. The first-order valence-electron chi connectivity index (χ1n) is 8.93. The van der Waals surface area contributed by atoms with Crippen molar-refractivity contribution in [1.82, 2.24) is 9.88 Å². The Labute approximate surface area is 164 Å². The summed E-state index contributed by atoms with van der Waals surface area (Å²) >= 11 is 0. The molecule has 1 aliphatic heterocycles. The van der Waals surface area contributed by atoms with Gasteiger partial charge in [0, 0.05) is 25.4 Å². The molecule has 0 radical (unpaired) electrons. The normalized spacial score (nSPS) is 15.2. The minimum atomic E-state index is -3.34. The first-order valence-corrected chi connectivity index (χ1v) is 10.8. The largest absolute Gasteiger partial charge is 0.487 e. The topological polar surface area (TPSA) is 109 Å². The number of carboxylic acid groups (broad SMARTS) is 1. The summed E-state index contributed by atoms with van der Waals surface area (Å²) in [5, 5.41) is 9.02. The number of amides is 1. The molecule has 2 N–H and O–H groups in total. The van der Waals surface area contributed by atoms with Crippen LogP contribution >= 0.6 is 0 Å². The van der Waals surface area contributed by atoms with Gasteiger partial charge in [-0.05, 0) is 42.5 Å². The van der Waals surface area contributed by atoms with Crippen molar-refractivity contribution in [3.05, 3.63) is 53.9 Å². The fourth-order valence-corrected chi connectivity index (χ4v) is 3.74. The minimum Gasteiger partial charge on any atom is -0.487 e. The van der Waals surface area contributed by atoms with Gasteiger partial charge in [-0.15, -0.1) is 0 Å². The minimum absolute atomic E-state index is 0.264. The molecular formula is C19H23N3O5S. The summed E-state index contributed by atoms with van der Waals surface area (Å²) in [5.41, 5.74) is 2.30. The Morgan fingerprint density at radius 2 is 2.04 bits per heavy atom. The van der Waals surface area contributed by atoms with Gasteiger partial charge in [0.15, 0.2) is 0 Å². The van der Waals surface area contributed by atoms with Crippen LogP contribution in [0.4, 0.5) is 10.5 Å². The highest BCUT2D eigenvalue weighted by molar-refractivity contribution is 7.92. The molecule has 0 bridgehead atoms. The third-order valence-electron chi connectivity index (χ3n) is 4.61. The molecule has 28 heavy (non-hydrogen) atoms.